The first-order chi connectivity index (χ1) is 20.0. The lowest BCUT2D eigenvalue weighted by Crippen LogP contribution is -2.40. The van der Waals surface area contributed by atoms with E-state index in [-0.39, 0.29) is 17.8 Å². The highest BCUT2D eigenvalue weighted by Crippen LogP contribution is 2.27. The molecule has 1 heterocycles. The third kappa shape index (κ3) is 7.92. The van der Waals surface area contributed by atoms with Crippen LogP contribution in [0.5, 0.6) is 5.75 Å². The lowest BCUT2D eigenvalue weighted by Gasteiger charge is -2.21. The molecule has 1 fully saturated rings. The Hall–Kier alpha value is -3.76. The zero-order valence-corrected chi connectivity index (χ0v) is 23.6. The summed E-state index contributed by atoms with van der Waals surface area (Å²) < 4.78 is 6.81. The molecule has 1 amide bonds. The summed E-state index contributed by atoms with van der Waals surface area (Å²) in [4.78, 5) is 25.2. The molecule has 0 radical (unpaired) electrons. The molecule has 0 bridgehead atoms. The summed E-state index contributed by atoms with van der Waals surface area (Å²) in [5.74, 6) is -0.519. The van der Waals surface area contributed by atoms with Crippen molar-refractivity contribution in [3.63, 3.8) is 0 Å². The van der Waals surface area contributed by atoms with Crippen molar-refractivity contribution < 1.29 is 24.6 Å². The Morgan fingerprint density at radius 3 is 2.20 bits per heavy atom. The molecule has 1 aliphatic carbocycles. The lowest BCUT2D eigenvalue weighted by molar-refractivity contribution is -0.151. The van der Waals surface area contributed by atoms with Gasteiger partial charge in [-0.05, 0) is 84.0 Å². The number of amides is 1. The first-order valence-electron chi connectivity index (χ1n) is 13.9. The lowest BCUT2D eigenvalue weighted by atomic mass is 10.0. The van der Waals surface area contributed by atoms with Gasteiger partial charge in [-0.15, -0.1) is 11.3 Å². The number of thiophene rings is 1. The van der Waals surface area contributed by atoms with Crippen LogP contribution >= 0.6 is 11.3 Å². The van der Waals surface area contributed by atoms with E-state index in [9.17, 15) is 14.7 Å². The Morgan fingerprint density at radius 2 is 1.49 bits per heavy atom. The second-order valence-electron chi connectivity index (χ2n) is 10.5. The SMILES string of the molecule is O=C(NO)c1cc2ccc(CNCc3ccc(CN[C@@H](Cc4ccc(O)cc4)C(=O)OC4CCCC4)cc3)cc2s1. The third-order valence-electron chi connectivity index (χ3n) is 7.39. The first kappa shape index (κ1) is 28.8. The van der Waals surface area contributed by atoms with Gasteiger partial charge in [0.25, 0.3) is 5.91 Å². The van der Waals surface area contributed by atoms with Crippen molar-refractivity contribution in [3.8, 4) is 5.75 Å². The van der Waals surface area contributed by atoms with E-state index in [4.69, 9.17) is 9.94 Å². The van der Waals surface area contributed by atoms with Crippen LogP contribution in [0.1, 0.15) is 57.6 Å². The second-order valence-corrected chi connectivity index (χ2v) is 11.6. The van der Waals surface area contributed by atoms with E-state index in [2.05, 4.69) is 41.0 Å². The highest BCUT2D eigenvalue weighted by molar-refractivity contribution is 7.20. The van der Waals surface area contributed by atoms with Gasteiger partial charge >= 0.3 is 5.97 Å². The zero-order chi connectivity index (χ0) is 28.6. The summed E-state index contributed by atoms with van der Waals surface area (Å²) >= 11 is 1.35. The number of rotatable bonds is 12. The highest BCUT2D eigenvalue weighted by atomic mass is 32.1. The van der Waals surface area contributed by atoms with Crippen LogP contribution in [-0.2, 0) is 35.6 Å². The van der Waals surface area contributed by atoms with Gasteiger partial charge in [0.15, 0.2) is 0 Å². The van der Waals surface area contributed by atoms with E-state index in [1.54, 1.807) is 23.7 Å². The van der Waals surface area contributed by atoms with Gasteiger partial charge in [0, 0.05) is 24.3 Å². The minimum absolute atomic E-state index is 0.0101. The molecule has 1 atom stereocenters. The number of benzene rings is 3. The van der Waals surface area contributed by atoms with E-state index in [0.29, 0.717) is 30.9 Å². The molecule has 8 nitrogen and oxygen atoms in total. The Bertz CT molecular complexity index is 1460. The average Bonchev–Trinajstić information content (AvgIpc) is 3.66. The van der Waals surface area contributed by atoms with Gasteiger partial charge in [0.2, 0.25) is 0 Å². The van der Waals surface area contributed by atoms with E-state index in [1.165, 1.54) is 11.3 Å². The minimum atomic E-state index is -0.499. The van der Waals surface area contributed by atoms with Gasteiger partial charge < -0.3 is 20.5 Å². The Kier molecular flexibility index (Phi) is 9.63. The number of esters is 1. The predicted octanol–water partition coefficient (Wildman–Crippen LogP) is 5.20. The molecule has 1 aliphatic rings. The zero-order valence-electron chi connectivity index (χ0n) is 22.8. The molecule has 0 aliphatic heterocycles. The van der Waals surface area contributed by atoms with Crippen LogP contribution in [0.15, 0.2) is 72.8 Å². The molecule has 41 heavy (non-hydrogen) atoms. The molecule has 5 N–H and O–H groups in total. The van der Waals surface area contributed by atoms with Crippen molar-refractivity contribution in [2.24, 2.45) is 0 Å². The van der Waals surface area contributed by atoms with Gasteiger partial charge in [-0.1, -0.05) is 48.5 Å². The first-order valence-corrected chi connectivity index (χ1v) is 14.8. The molecule has 1 aromatic heterocycles. The molecule has 0 spiro atoms. The van der Waals surface area contributed by atoms with E-state index in [1.807, 2.05) is 24.3 Å². The number of hydrogen-bond donors (Lipinski definition) is 5. The van der Waals surface area contributed by atoms with Crippen LogP contribution < -0.4 is 16.1 Å². The number of ether oxygens (including phenoxy) is 1. The summed E-state index contributed by atoms with van der Waals surface area (Å²) in [6.45, 7) is 1.92. The molecule has 5 rings (SSSR count). The van der Waals surface area contributed by atoms with Gasteiger partial charge in [0.05, 0.1) is 4.88 Å². The van der Waals surface area contributed by atoms with Crippen molar-refractivity contribution >= 4 is 33.3 Å². The van der Waals surface area contributed by atoms with E-state index >= 15 is 0 Å². The number of hydroxylamine groups is 1. The summed E-state index contributed by atoms with van der Waals surface area (Å²) in [5.41, 5.74) is 5.97. The number of nitrogens with one attached hydrogen (secondary N) is 3. The predicted molar refractivity (Wildman–Crippen MR) is 159 cm³/mol. The Labute approximate surface area is 243 Å². The van der Waals surface area contributed by atoms with Gasteiger partial charge in [0.1, 0.15) is 17.9 Å². The summed E-state index contributed by atoms with van der Waals surface area (Å²) in [7, 11) is 0. The summed E-state index contributed by atoms with van der Waals surface area (Å²) in [6, 6.07) is 22.6. The number of carbonyl (C=O) groups is 2. The number of phenolic OH excluding ortho intramolecular Hbond substituents is 1. The van der Waals surface area contributed by atoms with E-state index in [0.717, 1.165) is 58.0 Å². The third-order valence-corrected chi connectivity index (χ3v) is 8.49. The highest BCUT2D eigenvalue weighted by Gasteiger charge is 2.25. The molecule has 214 valence electrons. The Morgan fingerprint density at radius 1 is 0.854 bits per heavy atom. The maximum Gasteiger partial charge on any atom is 0.323 e. The quantitative estimate of drug-likeness (QED) is 0.0898. The van der Waals surface area contributed by atoms with Crippen molar-refractivity contribution in [2.75, 3.05) is 0 Å². The van der Waals surface area contributed by atoms with Crippen LogP contribution in [0.2, 0.25) is 0 Å². The van der Waals surface area contributed by atoms with Crippen molar-refractivity contribution in [2.45, 2.75) is 63.9 Å². The fourth-order valence-corrected chi connectivity index (χ4v) is 6.10. The molecule has 3 aromatic carbocycles. The molecular formula is C32H35N3O5S. The van der Waals surface area contributed by atoms with Crippen molar-refractivity contribution in [1.82, 2.24) is 16.1 Å². The van der Waals surface area contributed by atoms with Crippen LogP contribution in [0.4, 0.5) is 0 Å². The monoisotopic (exact) mass is 573 g/mol. The van der Waals surface area contributed by atoms with Crippen molar-refractivity contribution in [3.05, 3.63) is 99.9 Å². The maximum absolute atomic E-state index is 13.0. The topological polar surface area (TPSA) is 120 Å². The van der Waals surface area contributed by atoms with Crippen LogP contribution in [0, 0.1) is 0 Å². The largest absolute Gasteiger partial charge is 0.508 e. The smallest absolute Gasteiger partial charge is 0.323 e. The fraction of sp³-hybridized carbons (Fsp3) is 0.312. The normalized spacial score (nSPS) is 14.3. The van der Waals surface area contributed by atoms with Gasteiger partial charge in [-0.2, -0.15) is 0 Å². The van der Waals surface area contributed by atoms with Gasteiger partial charge in [-0.25, -0.2) is 5.48 Å². The fourth-order valence-electron chi connectivity index (χ4n) is 5.08. The summed E-state index contributed by atoms with van der Waals surface area (Å²) in [5, 5.41) is 26.3. The van der Waals surface area contributed by atoms with Gasteiger partial charge in [-0.3, -0.25) is 14.8 Å². The molecule has 1 saturated carbocycles. The Balaban J connectivity index is 1.13. The maximum atomic E-state index is 13.0. The number of fused-ring (bicyclic) bond motifs is 1. The number of phenols is 1. The molecule has 4 aromatic rings. The van der Waals surface area contributed by atoms with Crippen LogP contribution in [0.3, 0.4) is 0 Å². The number of hydrogen-bond acceptors (Lipinski definition) is 8. The minimum Gasteiger partial charge on any atom is -0.508 e. The van der Waals surface area contributed by atoms with Crippen LogP contribution in [0.25, 0.3) is 10.1 Å². The standard InChI is InChI=1S/C32H35N3O5S/c36-26-13-10-21(11-14-26)15-28(32(38)40-27-3-1-2-4-27)34-20-23-7-5-22(6-8-23)18-33-19-24-9-12-25-17-30(31(37)35-39)41-29(25)16-24/h5-14,16-17,27-28,33-34,36,39H,1-4,15,18-20H2,(H,35,37)/t28-/m0/s1. The number of aromatic hydroxyl groups is 1. The molecule has 9 heteroatoms. The van der Waals surface area contributed by atoms with E-state index < -0.39 is 11.9 Å². The molecular weight excluding hydrogens is 538 g/mol. The van der Waals surface area contributed by atoms with Crippen molar-refractivity contribution in [1.29, 1.82) is 0 Å². The molecule has 0 saturated heterocycles. The molecule has 0 unspecified atom stereocenters. The summed E-state index contributed by atoms with van der Waals surface area (Å²) in [6.07, 6.45) is 4.56. The second kappa shape index (κ2) is 13.7. The average molecular weight is 574 g/mol. The van der Waals surface area contributed by atoms with Crippen LogP contribution in [-0.4, -0.2) is 34.3 Å². The number of carbonyl (C=O) groups excluding carboxylic acids is 2.